The third-order valence-corrected chi connectivity index (χ3v) is 4.57. The molecule has 0 bridgehead atoms. The van der Waals surface area contributed by atoms with Crippen LogP contribution < -0.4 is 4.74 Å². The minimum Gasteiger partial charge on any atom is -0.496 e. The largest absolute Gasteiger partial charge is 0.496 e. The second-order valence-electron chi connectivity index (χ2n) is 6.50. The number of hydrogen-bond acceptors (Lipinski definition) is 6. The zero-order valence-electron chi connectivity index (χ0n) is 16.0. The minimum absolute atomic E-state index is 0.155. The molecule has 2 aromatic rings. The third kappa shape index (κ3) is 4.64. The number of hydrogen-bond donors (Lipinski definition) is 0. The number of carbonyl (C=O) groups excluding carboxylic acids is 1. The fraction of sp³-hybridized carbons (Fsp3) is 0.429. The van der Waals surface area contributed by atoms with Gasteiger partial charge < -0.3 is 18.9 Å². The summed E-state index contributed by atoms with van der Waals surface area (Å²) in [6.07, 6.45) is 4.51. The zero-order chi connectivity index (χ0) is 19.2. The fourth-order valence-corrected chi connectivity index (χ4v) is 3.14. The van der Waals surface area contributed by atoms with E-state index >= 15 is 0 Å². The lowest BCUT2D eigenvalue weighted by atomic mass is 9.98. The van der Waals surface area contributed by atoms with Crippen LogP contribution >= 0.6 is 0 Å². The summed E-state index contributed by atoms with van der Waals surface area (Å²) in [7, 11) is 2.97. The van der Waals surface area contributed by atoms with Gasteiger partial charge in [0, 0.05) is 29.6 Å². The third-order valence-electron chi connectivity index (χ3n) is 4.57. The summed E-state index contributed by atoms with van der Waals surface area (Å²) in [5, 5.41) is 0. The van der Waals surface area contributed by atoms with Gasteiger partial charge in [0.25, 0.3) is 0 Å². The number of benzene rings is 1. The van der Waals surface area contributed by atoms with Crippen LogP contribution in [0.2, 0.25) is 0 Å². The Balaban J connectivity index is 1.92. The molecule has 1 aliphatic rings. The molecule has 6 heteroatoms. The van der Waals surface area contributed by atoms with Gasteiger partial charge in [0.1, 0.15) is 5.75 Å². The van der Waals surface area contributed by atoms with Crippen LogP contribution in [0.15, 0.2) is 30.5 Å². The Morgan fingerprint density at radius 3 is 2.78 bits per heavy atom. The molecule has 2 heterocycles. The van der Waals surface area contributed by atoms with Crippen LogP contribution in [0.25, 0.3) is 11.1 Å². The molecule has 1 saturated heterocycles. The topological polar surface area (TPSA) is 66.9 Å². The van der Waals surface area contributed by atoms with E-state index in [-0.39, 0.29) is 6.29 Å². The Labute approximate surface area is 159 Å². The van der Waals surface area contributed by atoms with Gasteiger partial charge in [-0.3, -0.25) is 4.98 Å². The van der Waals surface area contributed by atoms with Gasteiger partial charge in [-0.25, -0.2) is 4.79 Å². The summed E-state index contributed by atoms with van der Waals surface area (Å²) in [6, 6.07) is 7.67. The van der Waals surface area contributed by atoms with E-state index < -0.39 is 5.97 Å². The number of nitrogens with zero attached hydrogens (tertiary/aromatic N) is 1. The van der Waals surface area contributed by atoms with Gasteiger partial charge in [0.2, 0.25) is 0 Å². The van der Waals surface area contributed by atoms with Crippen LogP contribution in [0.1, 0.15) is 40.9 Å². The number of rotatable bonds is 6. The lowest BCUT2D eigenvalue weighted by Gasteiger charge is -2.23. The van der Waals surface area contributed by atoms with E-state index in [0.717, 1.165) is 48.3 Å². The van der Waals surface area contributed by atoms with Crippen molar-refractivity contribution < 1.29 is 23.7 Å². The predicted octanol–water partition coefficient (Wildman–Crippen LogP) is 3.90. The summed E-state index contributed by atoms with van der Waals surface area (Å²) in [6.45, 7) is 3.06. The molecule has 27 heavy (non-hydrogen) atoms. The van der Waals surface area contributed by atoms with Crippen LogP contribution in [0.3, 0.4) is 0 Å². The minimum atomic E-state index is -0.434. The summed E-state index contributed by atoms with van der Waals surface area (Å²) in [4.78, 5) is 16.4. The molecule has 144 valence electrons. The van der Waals surface area contributed by atoms with Crippen molar-refractivity contribution in [3.8, 4) is 16.9 Å². The molecule has 1 atom stereocenters. The van der Waals surface area contributed by atoms with Gasteiger partial charge in [-0.2, -0.15) is 0 Å². The number of carbonyl (C=O) groups is 1. The van der Waals surface area contributed by atoms with Crippen molar-refractivity contribution in [1.29, 1.82) is 0 Å². The fourth-order valence-electron chi connectivity index (χ4n) is 3.14. The summed E-state index contributed by atoms with van der Waals surface area (Å²) < 4.78 is 21.9. The van der Waals surface area contributed by atoms with E-state index in [1.54, 1.807) is 7.11 Å². The molecule has 1 aliphatic heterocycles. The van der Waals surface area contributed by atoms with Crippen LogP contribution in [0.5, 0.6) is 5.75 Å². The Morgan fingerprint density at radius 2 is 2.07 bits per heavy atom. The van der Waals surface area contributed by atoms with Crippen LogP contribution in [0.4, 0.5) is 0 Å². The number of aryl methyl sites for hydroxylation is 1. The summed E-state index contributed by atoms with van der Waals surface area (Å²) >= 11 is 0. The van der Waals surface area contributed by atoms with Crippen molar-refractivity contribution in [2.24, 2.45) is 0 Å². The Hall–Kier alpha value is -2.44. The molecule has 1 fully saturated rings. The normalized spacial score (nSPS) is 16.8. The maximum Gasteiger partial charge on any atom is 0.340 e. The quantitative estimate of drug-likeness (QED) is 0.718. The van der Waals surface area contributed by atoms with E-state index in [0.29, 0.717) is 17.9 Å². The molecule has 0 saturated carbocycles. The molecule has 1 aromatic heterocycles. The highest BCUT2D eigenvalue weighted by Crippen LogP contribution is 2.34. The predicted molar refractivity (Wildman–Crippen MR) is 101 cm³/mol. The first-order valence-corrected chi connectivity index (χ1v) is 9.08. The van der Waals surface area contributed by atoms with E-state index in [1.165, 1.54) is 13.3 Å². The van der Waals surface area contributed by atoms with Crippen molar-refractivity contribution in [3.63, 3.8) is 0 Å². The second-order valence-corrected chi connectivity index (χ2v) is 6.50. The molecule has 1 unspecified atom stereocenters. The number of aromatic nitrogens is 1. The van der Waals surface area contributed by atoms with Crippen LogP contribution in [0, 0.1) is 6.92 Å². The van der Waals surface area contributed by atoms with Gasteiger partial charge >= 0.3 is 5.97 Å². The van der Waals surface area contributed by atoms with Gasteiger partial charge in [-0.05, 0) is 49.9 Å². The van der Waals surface area contributed by atoms with Gasteiger partial charge in [0.05, 0.1) is 26.4 Å². The molecule has 0 radical (unpaired) electrons. The van der Waals surface area contributed by atoms with Gasteiger partial charge in [0.15, 0.2) is 6.29 Å². The SMILES string of the molecule is COC(=O)c1cnc(C)cc1-c1cc(COC2CCCCO2)ccc1OC. The van der Waals surface area contributed by atoms with Crippen molar-refractivity contribution in [1.82, 2.24) is 4.98 Å². The number of esters is 1. The van der Waals surface area contributed by atoms with Crippen molar-refractivity contribution in [3.05, 3.63) is 47.3 Å². The molecule has 3 rings (SSSR count). The maximum absolute atomic E-state index is 12.2. The molecule has 0 amide bonds. The average Bonchev–Trinajstić information content (AvgIpc) is 2.72. The Kier molecular flexibility index (Phi) is 6.42. The maximum atomic E-state index is 12.2. The number of ether oxygens (including phenoxy) is 4. The van der Waals surface area contributed by atoms with Gasteiger partial charge in [-0.1, -0.05) is 6.07 Å². The molecule has 1 aromatic carbocycles. The van der Waals surface area contributed by atoms with Crippen molar-refractivity contribution in [2.75, 3.05) is 20.8 Å². The highest BCUT2D eigenvalue weighted by molar-refractivity contribution is 5.98. The van der Waals surface area contributed by atoms with E-state index in [1.807, 2.05) is 31.2 Å². The average molecular weight is 371 g/mol. The molecule has 0 N–H and O–H groups in total. The highest BCUT2D eigenvalue weighted by atomic mass is 16.7. The number of pyridine rings is 1. The van der Waals surface area contributed by atoms with Crippen molar-refractivity contribution >= 4 is 5.97 Å². The smallest absolute Gasteiger partial charge is 0.340 e. The van der Waals surface area contributed by atoms with E-state index in [2.05, 4.69) is 4.98 Å². The van der Waals surface area contributed by atoms with Crippen LogP contribution in [-0.4, -0.2) is 38.1 Å². The molecular weight excluding hydrogens is 346 g/mol. The molecule has 6 nitrogen and oxygen atoms in total. The molecule has 0 spiro atoms. The van der Waals surface area contributed by atoms with Crippen molar-refractivity contribution in [2.45, 2.75) is 39.1 Å². The monoisotopic (exact) mass is 371 g/mol. The number of methoxy groups -OCH3 is 2. The highest BCUT2D eigenvalue weighted by Gasteiger charge is 2.19. The first-order chi connectivity index (χ1) is 13.1. The zero-order valence-corrected chi connectivity index (χ0v) is 16.0. The first kappa shape index (κ1) is 19.3. The first-order valence-electron chi connectivity index (χ1n) is 9.08. The second kappa shape index (κ2) is 8.97. The lowest BCUT2D eigenvalue weighted by molar-refractivity contribution is -0.168. The summed E-state index contributed by atoms with van der Waals surface area (Å²) in [5.41, 5.74) is 3.70. The standard InChI is InChI=1S/C21H25NO5/c1-14-10-16(18(12-22-14)21(23)25-3)17-11-15(7-8-19(17)24-2)13-27-20-6-4-5-9-26-20/h7-8,10-12,20H,4-6,9,13H2,1-3H3. The lowest BCUT2D eigenvalue weighted by Crippen LogP contribution is -2.22. The van der Waals surface area contributed by atoms with Crippen LogP contribution in [-0.2, 0) is 20.8 Å². The van der Waals surface area contributed by atoms with Gasteiger partial charge in [-0.15, -0.1) is 0 Å². The Bertz CT molecular complexity index is 799. The molecule has 0 aliphatic carbocycles. The van der Waals surface area contributed by atoms with E-state index in [9.17, 15) is 4.79 Å². The Morgan fingerprint density at radius 1 is 1.22 bits per heavy atom. The molecular formula is C21H25NO5. The summed E-state index contributed by atoms with van der Waals surface area (Å²) in [5.74, 6) is 0.236. The van der Waals surface area contributed by atoms with E-state index in [4.69, 9.17) is 18.9 Å².